The summed E-state index contributed by atoms with van der Waals surface area (Å²) in [5.41, 5.74) is 4.51. The summed E-state index contributed by atoms with van der Waals surface area (Å²) in [6.45, 7) is 5.68. The summed E-state index contributed by atoms with van der Waals surface area (Å²) in [5, 5.41) is 0.648. The molecule has 7 nitrogen and oxygen atoms in total. The molecular formula is C26H26ClN5O2. The van der Waals surface area contributed by atoms with Crippen LogP contribution in [0.2, 0.25) is 5.02 Å². The number of rotatable bonds is 5. The standard InChI is InChI=1S/C26H26ClN5O2/c1-3-34-26(33)20-15-28-23(17-5-7-19(27)8-6-17)31-25(20)32-12-10-18(11-13-32)24-29-21-9-4-16(2)14-22(21)30-24/h4-9,14-15,18H,3,10-13H2,1-2H3,(H,29,30). The Balaban J connectivity index is 1.40. The van der Waals surface area contributed by atoms with Crippen molar-refractivity contribution in [1.82, 2.24) is 19.9 Å². The molecule has 0 aliphatic carbocycles. The van der Waals surface area contributed by atoms with Gasteiger partial charge in [-0.1, -0.05) is 17.7 Å². The van der Waals surface area contributed by atoms with E-state index < -0.39 is 5.97 Å². The van der Waals surface area contributed by atoms with Crippen LogP contribution in [0, 0.1) is 6.92 Å². The molecule has 0 atom stereocenters. The summed E-state index contributed by atoms with van der Waals surface area (Å²) in [7, 11) is 0. The third-order valence-electron chi connectivity index (χ3n) is 6.20. The molecule has 0 radical (unpaired) electrons. The number of aromatic nitrogens is 4. The molecule has 174 valence electrons. The molecule has 0 saturated carbocycles. The molecule has 1 saturated heterocycles. The smallest absolute Gasteiger partial charge is 0.343 e. The van der Waals surface area contributed by atoms with Crippen molar-refractivity contribution in [3.63, 3.8) is 0 Å². The molecule has 3 heterocycles. The number of aryl methyl sites for hydroxylation is 1. The Morgan fingerprint density at radius 2 is 1.91 bits per heavy atom. The minimum absolute atomic E-state index is 0.296. The van der Waals surface area contributed by atoms with Crippen LogP contribution in [0.15, 0.2) is 48.7 Å². The van der Waals surface area contributed by atoms with Crippen LogP contribution in [0.25, 0.3) is 22.4 Å². The summed E-state index contributed by atoms with van der Waals surface area (Å²) in [5.74, 6) is 2.10. The third-order valence-corrected chi connectivity index (χ3v) is 6.46. The van der Waals surface area contributed by atoms with Gasteiger partial charge in [-0.15, -0.1) is 0 Å². The summed E-state index contributed by atoms with van der Waals surface area (Å²) >= 11 is 6.03. The molecule has 8 heteroatoms. The number of ether oxygens (including phenoxy) is 1. The number of esters is 1. The van der Waals surface area contributed by atoms with Gasteiger partial charge in [-0.25, -0.2) is 19.7 Å². The molecule has 34 heavy (non-hydrogen) atoms. The zero-order valence-electron chi connectivity index (χ0n) is 19.2. The van der Waals surface area contributed by atoms with Crippen LogP contribution in [-0.2, 0) is 4.74 Å². The van der Waals surface area contributed by atoms with E-state index in [9.17, 15) is 4.79 Å². The summed E-state index contributed by atoms with van der Waals surface area (Å²) < 4.78 is 5.28. The summed E-state index contributed by atoms with van der Waals surface area (Å²) in [6, 6.07) is 13.6. The van der Waals surface area contributed by atoms with Crippen molar-refractivity contribution in [2.75, 3.05) is 24.6 Å². The first-order valence-corrected chi connectivity index (χ1v) is 11.9. The van der Waals surface area contributed by atoms with Gasteiger partial charge >= 0.3 is 5.97 Å². The largest absolute Gasteiger partial charge is 0.462 e. The Bertz CT molecular complexity index is 1330. The van der Waals surface area contributed by atoms with Crippen LogP contribution >= 0.6 is 11.6 Å². The molecule has 0 amide bonds. The lowest BCUT2D eigenvalue weighted by atomic mass is 9.96. The van der Waals surface area contributed by atoms with E-state index in [1.54, 1.807) is 25.3 Å². The quantitative estimate of drug-likeness (QED) is 0.381. The molecular weight excluding hydrogens is 450 g/mol. The first kappa shape index (κ1) is 22.3. The van der Waals surface area contributed by atoms with Crippen molar-refractivity contribution < 1.29 is 9.53 Å². The number of carbonyl (C=O) groups is 1. The van der Waals surface area contributed by atoms with Gasteiger partial charge in [-0.2, -0.15) is 0 Å². The fourth-order valence-corrected chi connectivity index (χ4v) is 4.53. The highest BCUT2D eigenvalue weighted by Crippen LogP contribution is 2.32. The Morgan fingerprint density at radius 1 is 1.15 bits per heavy atom. The van der Waals surface area contributed by atoms with E-state index in [1.807, 2.05) is 12.1 Å². The van der Waals surface area contributed by atoms with Crippen LogP contribution in [0.4, 0.5) is 5.82 Å². The third kappa shape index (κ3) is 4.48. The summed E-state index contributed by atoms with van der Waals surface area (Å²) in [6.07, 6.45) is 3.38. The van der Waals surface area contributed by atoms with Crippen molar-refractivity contribution >= 4 is 34.4 Å². The number of fused-ring (bicyclic) bond motifs is 1. The van der Waals surface area contributed by atoms with Gasteiger partial charge in [0.1, 0.15) is 17.2 Å². The van der Waals surface area contributed by atoms with Gasteiger partial charge in [0.2, 0.25) is 0 Å². The second-order valence-corrected chi connectivity index (χ2v) is 9.00. The fourth-order valence-electron chi connectivity index (χ4n) is 4.41. The normalized spacial score (nSPS) is 14.5. The van der Waals surface area contributed by atoms with Gasteiger partial charge in [0.15, 0.2) is 5.82 Å². The summed E-state index contributed by atoms with van der Waals surface area (Å²) in [4.78, 5) is 32.3. The average Bonchev–Trinajstić information content (AvgIpc) is 3.28. The molecule has 0 bridgehead atoms. The van der Waals surface area contributed by atoms with Gasteiger partial charge in [0, 0.05) is 35.8 Å². The maximum atomic E-state index is 12.7. The predicted molar refractivity (Wildman–Crippen MR) is 133 cm³/mol. The Morgan fingerprint density at radius 3 is 2.65 bits per heavy atom. The number of anilines is 1. The second-order valence-electron chi connectivity index (χ2n) is 8.56. The van der Waals surface area contributed by atoms with Crippen LogP contribution in [0.3, 0.4) is 0 Å². The molecule has 0 unspecified atom stereocenters. The zero-order valence-corrected chi connectivity index (χ0v) is 20.0. The van der Waals surface area contributed by atoms with Crippen LogP contribution < -0.4 is 4.90 Å². The molecule has 1 aliphatic rings. The Labute approximate surface area is 203 Å². The number of nitrogens with one attached hydrogen (secondary N) is 1. The van der Waals surface area contributed by atoms with Crippen molar-refractivity contribution in [2.24, 2.45) is 0 Å². The first-order valence-electron chi connectivity index (χ1n) is 11.5. The van der Waals surface area contributed by atoms with Gasteiger partial charge in [-0.05, 0) is 68.7 Å². The minimum Gasteiger partial charge on any atom is -0.462 e. The van der Waals surface area contributed by atoms with Crippen molar-refractivity contribution in [3.8, 4) is 11.4 Å². The van der Waals surface area contributed by atoms with E-state index in [2.05, 4.69) is 40.0 Å². The molecule has 1 fully saturated rings. The molecule has 4 aromatic rings. The van der Waals surface area contributed by atoms with Crippen molar-refractivity contribution in [2.45, 2.75) is 32.6 Å². The Hall–Kier alpha value is -3.45. The van der Waals surface area contributed by atoms with Gasteiger partial charge in [0.25, 0.3) is 0 Å². The number of imidazole rings is 1. The SMILES string of the molecule is CCOC(=O)c1cnc(-c2ccc(Cl)cc2)nc1N1CCC(c2nc3ccc(C)cc3[nH]2)CC1. The van der Waals surface area contributed by atoms with E-state index in [4.69, 9.17) is 26.3 Å². The monoisotopic (exact) mass is 475 g/mol. The maximum Gasteiger partial charge on any atom is 0.343 e. The van der Waals surface area contributed by atoms with Gasteiger partial charge < -0.3 is 14.6 Å². The van der Waals surface area contributed by atoms with Crippen LogP contribution in [0.1, 0.15) is 47.4 Å². The number of H-pyrrole nitrogens is 1. The lowest BCUT2D eigenvalue weighted by molar-refractivity contribution is 0.0526. The van der Waals surface area contributed by atoms with Crippen LogP contribution in [-0.4, -0.2) is 45.6 Å². The molecule has 1 aliphatic heterocycles. The Kier molecular flexibility index (Phi) is 6.20. The number of halogens is 1. The molecule has 1 N–H and O–H groups in total. The van der Waals surface area contributed by atoms with Gasteiger partial charge in [-0.3, -0.25) is 0 Å². The lowest BCUT2D eigenvalue weighted by Gasteiger charge is -2.33. The topological polar surface area (TPSA) is 84.0 Å². The molecule has 5 rings (SSSR count). The maximum absolute atomic E-state index is 12.7. The van der Waals surface area contributed by atoms with E-state index in [0.717, 1.165) is 48.4 Å². The number of benzene rings is 2. The van der Waals surface area contributed by atoms with E-state index in [1.165, 1.54) is 5.56 Å². The first-order chi connectivity index (χ1) is 16.5. The number of nitrogens with zero attached hydrogens (tertiary/aromatic N) is 4. The van der Waals surface area contributed by atoms with Crippen molar-refractivity contribution in [1.29, 1.82) is 0 Å². The highest BCUT2D eigenvalue weighted by molar-refractivity contribution is 6.30. The number of aromatic amines is 1. The molecule has 2 aromatic heterocycles. The van der Waals surface area contributed by atoms with E-state index >= 15 is 0 Å². The number of piperidine rings is 1. The predicted octanol–water partition coefficient (Wildman–Crippen LogP) is 5.54. The second kappa shape index (κ2) is 9.43. The number of hydrogen-bond donors (Lipinski definition) is 1. The van der Waals surface area contributed by atoms with E-state index in [-0.39, 0.29) is 0 Å². The van der Waals surface area contributed by atoms with Crippen LogP contribution in [0.5, 0.6) is 0 Å². The number of carbonyl (C=O) groups excluding carboxylic acids is 1. The highest BCUT2D eigenvalue weighted by Gasteiger charge is 2.28. The zero-order chi connectivity index (χ0) is 23.7. The highest BCUT2D eigenvalue weighted by atomic mass is 35.5. The lowest BCUT2D eigenvalue weighted by Crippen LogP contribution is -2.35. The fraction of sp³-hybridized carbons (Fsp3) is 0.308. The molecule has 0 spiro atoms. The molecule has 2 aromatic carbocycles. The van der Waals surface area contributed by atoms with Gasteiger partial charge in [0.05, 0.1) is 17.6 Å². The number of hydrogen-bond acceptors (Lipinski definition) is 6. The van der Waals surface area contributed by atoms with Crippen molar-refractivity contribution in [3.05, 3.63) is 70.6 Å². The average molecular weight is 476 g/mol. The minimum atomic E-state index is -0.407. The van der Waals surface area contributed by atoms with E-state index in [0.29, 0.717) is 34.8 Å².